The van der Waals surface area contributed by atoms with Crippen LogP contribution >= 0.6 is 11.6 Å². The van der Waals surface area contributed by atoms with E-state index >= 15 is 0 Å². The zero-order chi connectivity index (χ0) is 17.1. The third kappa shape index (κ3) is 6.23. The first-order valence-electron chi connectivity index (χ1n) is 4.64. The molecule has 0 amide bonds. The van der Waals surface area contributed by atoms with Gasteiger partial charge in [-0.1, -0.05) is 0 Å². The van der Waals surface area contributed by atoms with Crippen LogP contribution in [0.1, 0.15) is 16.7 Å². The summed E-state index contributed by atoms with van der Waals surface area (Å²) in [6.07, 6.45) is -15.9. The second-order valence-corrected chi connectivity index (χ2v) is 3.56. The molecule has 0 spiro atoms. The molecule has 0 atom stereocenters. The molecule has 1 aromatic carbocycles. The molecular weight excluding hydrogens is 343 g/mol. The topological polar surface area (TPSA) is 17.1 Å². The maximum absolute atomic E-state index is 12.2. The fourth-order valence-corrected chi connectivity index (χ4v) is 1.12. The van der Waals surface area contributed by atoms with E-state index in [0.29, 0.717) is 0 Å². The predicted octanol–water partition coefficient (Wildman–Crippen LogP) is 5.16. The molecule has 0 N–H and O–H groups in total. The zero-order valence-corrected chi connectivity index (χ0v) is 10.3. The van der Waals surface area contributed by atoms with E-state index in [9.17, 15) is 39.5 Å². The number of rotatable bonds is 0. The van der Waals surface area contributed by atoms with Crippen LogP contribution in [0.15, 0.2) is 18.2 Å². The summed E-state index contributed by atoms with van der Waals surface area (Å²) in [5.74, 6) is 0.222. The second kappa shape index (κ2) is 6.54. The van der Waals surface area contributed by atoms with Gasteiger partial charge in [0.15, 0.2) is 0 Å². The van der Waals surface area contributed by atoms with E-state index in [0.717, 1.165) is 0 Å². The number of halogens is 10. The van der Waals surface area contributed by atoms with Gasteiger partial charge in [0.05, 0.1) is 16.7 Å². The summed E-state index contributed by atoms with van der Waals surface area (Å²) >= 11 is 4.32. The molecule has 0 heterocycles. The van der Waals surface area contributed by atoms with Gasteiger partial charge in [-0.3, -0.25) is 4.79 Å². The predicted molar refractivity (Wildman–Crippen MR) is 54.1 cm³/mol. The number of hydrogen-bond donors (Lipinski definition) is 0. The second-order valence-electron chi connectivity index (χ2n) is 3.38. The van der Waals surface area contributed by atoms with Crippen LogP contribution in [0.4, 0.5) is 39.5 Å². The summed E-state index contributed by atoms with van der Waals surface area (Å²) in [6.45, 7) is 0. The summed E-state index contributed by atoms with van der Waals surface area (Å²) in [5.41, 5.74) is -5.99. The fourth-order valence-electron chi connectivity index (χ4n) is 1.12. The SMILES string of the molecule is FC(F)(F)c1cc(C(F)(F)F)cc(C(F)(F)F)c1.O=CCl. The smallest absolute Gasteiger partial charge is 0.285 e. The maximum Gasteiger partial charge on any atom is 0.416 e. The Bertz CT molecular complexity index is 408. The fraction of sp³-hybridized carbons (Fsp3) is 0.300. The van der Waals surface area contributed by atoms with Crippen molar-refractivity contribution >= 4 is 17.3 Å². The van der Waals surface area contributed by atoms with Gasteiger partial charge in [0.2, 0.25) is 5.75 Å². The minimum Gasteiger partial charge on any atom is -0.285 e. The highest BCUT2D eigenvalue weighted by atomic mass is 35.5. The Morgan fingerprint density at radius 3 is 0.905 bits per heavy atom. The first-order chi connectivity index (χ1) is 9.23. The molecule has 0 unspecified atom stereocenters. The molecule has 0 aliphatic heterocycles. The molecule has 0 aliphatic rings. The molecular formula is C10H4ClF9O. The molecule has 1 rings (SSSR count). The van der Waals surface area contributed by atoms with Crippen molar-refractivity contribution in [2.45, 2.75) is 18.5 Å². The van der Waals surface area contributed by atoms with Gasteiger partial charge in [0, 0.05) is 0 Å². The Labute approximate surface area is 116 Å². The highest BCUT2D eigenvalue weighted by molar-refractivity contribution is 6.54. The van der Waals surface area contributed by atoms with Crippen LogP contribution in [0.25, 0.3) is 0 Å². The average Bonchev–Trinajstić information content (AvgIpc) is 2.26. The summed E-state index contributed by atoms with van der Waals surface area (Å²) in [7, 11) is 0. The van der Waals surface area contributed by atoms with Crippen molar-refractivity contribution in [2.75, 3.05) is 0 Å². The molecule has 0 saturated heterocycles. The zero-order valence-electron chi connectivity index (χ0n) is 9.50. The van der Waals surface area contributed by atoms with E-state index in [2.05, 4.69) is 11.6 Å². The van der Waals surface area contributed by atoms with Crippen LogP contribution in [0, 0.1) is 0 Å². The van der Waals surface area contributed by atoms with Gasteiger partial charge in [-0.15, -0.1) is 0 Å². The lowest BCUT2D eigenvalue weighted by Crippen LogP contribution is -2.15. The molecule has 0 aliphatic carbocycles. The van der Waals surface area contributed by atoms with Crippen molar-refractivity contribution in [1.82, 2.24) is 0 Å². The van der Waals surface area contributed by atoms with Crippen molar-refractivity contribution in [3.63, 3.8) is 0 Å². The third-order valence-electron chi connectivity index (χ3n) is 1.91. The molecule has 21 heavy (non-hydrogen) atoms. The largest absolute Gasteiger partial charge is 0.416 e. The van der Waals surface area contributed by atoms with Crippen LogP contribution in [0.2, 0.25) is 0 Å². The van der Waals surface area contributed by atoms with E-state index in [1.54, 1.807) is 0 Å². The monoisotopic (exact) mass is 346 g/mol. The summed E-state index contributed by atoms with van der Waals surface area (Å²) in [4.78, 5) is 8.57. The lowest BCUT2D eigenvalue weighted by atomic mass is 10.0. The van der Waals surface area contributed by atoms with Crippen LogP contribution in [0.3, 0.4) is 0 Å². The van der Waals surface area contributed by atoms with E-state index < -0.39 is 35.2 Å². The lowest BCUT2D eigenvalue weighted by Gasteiger charge is -2.15. The molecule has 120 valence electrons. The molecule has 0 saturated carbocycles. The maximum atomic E-state index is 12.2. The Morgan fingerprint density at radius 2 is 0.810 bits per heavy atom. The summed E-state index contributed by atoms with van der Waals surface area (Å²) in [5, 5.41) is 0. The van der Waals surface area contributed by atoms with Gasteiger partial charge in [-0.25, -0.2) is 0 Å². The molecule has 0 radical (unpaired) electrons. The summed E-state index contributed by atoms with van der Waals surface area (Å²) in [6, 6.07) is -1.10. The normalized spacial score (nSPS) is 12.5. The number of carbonyl (C=O) groups is 1. The standard InChI is InChI=1S/C9H3F9.CHClO/c10-7(11,12)4-1-5(8(13,14)15)3-6(2-4)9(16,17)18;2-1-3/h1-3H;1H. The Hall–Kier alpha value is -1.45. The molecule has 1 nitrogen and oxygen atoms in total. The Kier molecular flexibility index (Phi) is 6.09. The van der Waals surface area contributed by atoms with Crippen LogP contribution < -0.4 is 0 Å². The van der Waals surface area contributed by atoms with Crippen LogP contribution in [0.5, 0.6) is 0 Å². The number of carbonyl (C=O) groups excluding carboxylic acids is 1. The van der Waals surface area contributed by atoms with Crippen molar-refractivity contribution in [3.05, 3.63) is 34.9 Å². The third-order valence-corrected chi connectivity index (χ3v) is 1.91. The van der Waals surface area contributed by atoms with Gasteiger partial charge in [0.1, 0.15) is 0 Å². The van der Waals surface area contributed by atoms with E-state index in [1.165, 1.54) is 0 Å². The average molecular weight is 347 g/mol. The molecule has 0 bridgehead atoms. The molecule has 1 aromatic rings. The number of alkyl halides is 9. The first kappa shape index (κ1) is 19.6. The molecule has 0 aromatic heterocycles. The Morgan fingerprint density at radius 1 is 0.667 bits per heavy atom. The minimum absolute atomic E-state index is 0.222. The number of benzene rings is 1. The minimum atomic E-state index is -5.29. The van der Waals surface area contributed by atoms with Gasteiger partial charge in [-0.2, -0.15) is 39.5 Å². The van der Waals surface area contributed by atoms with Crippen molar-refractivity contribution < 1.29 is 44.3 Å². The highest BCUT2D eigenvalue weighted by Gasteiger charge is 2.41. The highest BCUT2D eigenvalue weighted by Crippen LogP contribution is 2.40. The summed E-state index contributed by atoms with van der Waals surface area (Å²) < 4.78 is 110. The van der Waals surface area contributed by atoms with Crippen molar-refractivity contribution in [3.8, 4) is 0 Å². The van der Waals surface area contributed by atoms with Crippen LogP contribution in [-0.2, 0) is 23.3 Å². The Balaban J connectivity index is 0.00000122. The quantitative estimate of drug-likeness (QED) is 0.360. The van der Waals surface area contributed by atoms with Crippen LogP contribution in [-0.4, -0.2) is 5.75 Å². The number of hydrogen-bond acceptors (Lipinski definition) is 1. The molecule has 11 heteroatoms. The van der Waals surface area contributed by atoms with Crippen molar-refractivity contribution in [1.29, 1.82) is 0 Å². The van der Waals surface area contributed by atoms with E-state index in [1.807, 2.05) is 0 Å². The molecule has 0 fully saturated rings. The van der Waals surface area contributed by atoms with E-state index in [-0.39, 0.29) is 23.9 Å². The van der Waals surface area contributed by atoms with Crippen molar-refractivity contribution in [2.24, 2.45) is 0 Å². The lowest BCUT2D eigenvalue weighted by molar-refractivity contribution is -0.148. The first-order valence-corrected chi connectivity index (χ1v) is 5.07. The van der Waals surface area contributed by atoms with Gasteiger partial charge in [0.25, 0.3) is 0 Å². The van der Waals surface area contributed by atoms with Gasteiger partial charge < -0.3 is 0 Å². The van der Waals surface area contributed by atoms with Gasteiger partial charge >= 0.3 is 18.5 Å². The van der Waals surface area contributed by atoms with E-state index in [4.69, 9.17) is 4.79 Å². The van der Waals surface area contributed by atoms with Gasteiger partial charge in [-0.05, 0) is 29.8 Å².